The van der Waals surface area contributed by atoms with Crippen LogP contribution in [0.25, 0.3) is 0 Å². The van der Waals surface area contributed by atoms with Gasteiger partial charge in [0.25, 0.3) is 5.91 Å². The van der Waals surface area contributed by atoms with Crippen molar-refractivity contribution in [3.63, 3.8) is 0 Å². The van der Waals surface area contributed by atoms with Crippen molar-refractivity contribution in [3.8, 4) is 11.8 Å². The number of anilines is 1. The highest BCUT2D eigenvalue weighted by Crippen LogP contribution is 2.30. The summed E-state index contributed by atoms with van der Waals surface area (Å²) in [6.07, 6.45) is 0. The van der Waals surface area contributed by atoms with Gasteiger partial charge in [-0.1, -0.05) is 6.07 Å². The molecule has 0 fully saturated rings. The van der Waals surface area contributed by atoms with Crippen LogP contribution in [0.3, 0.4) is 0 Å². The first-order chi connectivity index (χ1) is 6.31. The minimum Gasteiger partial charge on any atom is -0.480 e. The highest BCUT2D eigenvalue weighted by atomic mass is 16.5. The molecule has 0 atom stereocenters. The number of nitriles is 1. The number of hydrogen-bond acceptors (Lipinski definition) is 3. The second-order valence-corrected chi connectivity index (χ2v) is 2.63. The van der Waals surface area contributed by atoms with Crippen molar-refractivity contribution in [1.29, 1.82) is 5.26 Å². The van der Waals surface area contributed by atoms with Crippen molar-refractivity contribution in [3.05, 3.63) is 23.8 Å². The van der Waals surface area contributed by atoms with Crippen LogP contribution in [0, 0.1) is 11.3 Å². The molecule has 1 N–H and O–H groups in total. The molecule has 1 aliphatic heterocycles. The summed E-state index contributed by atoms with van der Waals surface area (Å²) >= 11 is 0. The van der Waals surface area contributed by atoms with E-state index in [1.807, 2.05) is 6.07 Å². The third-order valence-electron chi connectivity index (χ3n) is 1.76. The van der Waals surface area contributed by atoms with E-state index in [4.69, 9.17) is 10.00 Å². The average Bonchev–Trinajstić information content (AvgIpc) is 2.16. The van der Waals surface area contributed by atoms with Gasteiger partial charge in [-0.3, -0.25) is 4.79 Å². The molecule has 13 heavy (non-hydrogen) atoms. The van der Waals surface area contributed by atoms with E-state index in [1.54, 1.807) is 18.2 Å². The van der Waals surface area contributed by atoms with Gasteiger partial charge in [0.15, 0.2) is 12.4 Å². The maximum absolute atomic E-state index is 10.9. The minimum absolute atomic E-state index is 0.0221. The number of para-hydroxylation sites is 1. The topological polar surface area (TPSA) is 62.1 Å². The first kappa shape index (κ1) is 7.62. The number of carbonyl (C=O) groups is 1. The number of nitrogens with one attached hydrogen (secondary N) is 1. The van der Waals surface area contributed by atoms with Gasteiger partial charge in [-0.05, 0) is 12.1 Å². The molecule has 0 aliphatic carbocycles. The fourth-order valence-electron chi connectivity index (χ4n) is 1.20. The van der Waals surface area contributed by atoms with Crippen molar-refractivity contribution < 1.29 is 9.53 Å². The van der Waals surface area contributed by atoms with E-state index in [9.17, 15) is 4.79 Å². The van der Waals surface area contributed by atoms with E-state index < -0.39 is 0 Å². The summed E-state index contributed by atoms with van der Waals surface area (Å²) in [5.74, 6) is 0.271. The molecule has 1 aromatic carbocycles. The minimum atomic E-state index is -0.192. The summed E-state index contributed by atoms with van der Waals surface area (Å²) in [4.78, 5) is 10.9. The zero-order valence-corrected chi connectivity index (χ0v) is 6.70. The van der Waals surface area contributed by atoms with E-state index in [2.05, 4.69) is 5.32 Å². The molecular weight excluding hydrogens is 168 g/mol. The van der Waals surface area contributed by atoms with E-state index in [1.165, 1.54) is 0 Å². The Morgan fingerprint density at radius 1 is 1.54 bits per heavy atom. The summed E-state index contributed by atoms with van der Waals surface area (Å²) in [6, 6.07) is 7.05. The summed E-state index contributed by atoms with van der Waals surface area (Å²) < 4.78 is 5.12. The Labute approximate surface area is 74.7 Å². The summed E-state index contributed by atoms with van der Waals surface area (Å²) in [5, 5.41) is 11.3. The van der Waals surface area contributed by atoms with Gasteiger partial charge in [0, 0.05) is 0 Å². The fraction of sp³-hybridized carbons (Fsp3) is 0.111. The van der Waals surface area contributed by atoms with Crippen molar-refractivity contribution in [1.82, 2.24) is 0 Å². The van der Waals surface area contributed by atoms with Crippen LogP contribution in [-0.4, -0.2) is 12.5 Å². The van der Waals surface area contributed by atoms with Gasteiger partial charge < -0.3 is 10.1 Å². The Balaban J connectivity index is 2.53. The molecule has 4 nitrogen and oxygen atoms in total. The third kappa shape index (κ3) is 1.20. The smallest absolute Gasteiger partial charge is 0.262 e. The highest BCUT2D eigenvalue weighted by Gasteiger charge is 2.18. The lowest BCUT2D eigenvalue weighted by molar-refractivity contribution is -0.118. The second kappa shape index (κ2) is 2.79. The normalized spacial score (nSPS) is 13.6. The Morgan fingerprint density at radius 2 is 2.38 bits per heavy atom. The number of ether oxygens (including phenoxy) is 1. The van der Waals surface area contributed by atoms with Gasteiger partial charge in [0.2, 0.25) is 0 Å². The van der Waals surface area contributed by atoms with Crippen molar-refractivity contribution in [2.45, 2.75) is 0 Å². The Morgan fingerprint density at radius 3 is 3.15 bits per heavy atom. The van der Waals surface area contributed by atoms with Crippen LogP contribution in [0.5, 0.6) is 5.75 Å². The van der Waals surface area contributed by atoms with Gasteiger partial charge >= 0.3 is 0 Å². The summed E-state index contributed by atoms with van der Waals surface area (Å²) in [7, 11) is 0. The Hall–Kier alpha value is -2.02. The molecule has 64 valence electrons. The maximum Gasteiger partial charge on any atom is 0.262 e. The van der Waals surface area contributed by atoms with Gasteiger partial charge in [-0.25, -0.2) is 0 Å². The average molecular weight is 174 g/mol. The number of fused-ring (bicyclic) bond motifs is 1. The quantitative estimate of drug-likeness (QED) is 0.635. The van der Waals surface area contributed by atoms with E-state index in [-0.39, 0.29) is 12.5 Å². The first-order valence-corrected chi connectivity index (χ1v) is 3.77. The van der Waals surface area contributed by atoms with Crippen LogP contribution < -0.4 is 10.1 Å². The third-order valence-corrected chi connectivity index (χ3v) is 1.76. The monoisotopic (exact) mass is 174 g/mol. The predicted octanol–water partition coefficient (Wildman–Crippen LogP) is 0.889. The van der Waals surface area contributed by atoms with E-state index in [0.29, 0.717) is 17.0 Å². The van der Waals surface area contributed by atoms with Crippen LogP contribution in [0.2, 0.25) is 0 Å². The van der Waals surface area contributed by atoms with Crippen molar-refractivity contribution in [2.24, 2.45) is 0 Å². The molecule has 0 bridgehead atoms. The molecule has 0 saturated carbocycles. The molecule has 0 spiro atoms. The first-order valence-electron chi connectivity index (χ1n) is 3.77. The van der Waals surface area contributed by atoms with Crippen molar-refractivity contribution in [2.75, 3.05) is 11.9 Å². The van der Waals surface area contributed by atoms with Crippen molar-refractivity contribution >= 4 is 11.6 Å². The predicted molar refractivity (Wildman–Crippen MR) is 45.3 cm³/mol. The van der Waals surface area contributed by atoms with Crippen LogP contribution in [-0.2, 0) is 4.79 Å². The van der Waals surface area contributed by atoms with Gasteiger partial charge in [0.1, 0.15) is 6.07 Å². The highest BCUT2D eigenvalue weighted by molar-refractivity contribution is 5.95. The number of hydrogen-bond donors (Lipinski definition) is 1. The zero-order valence-electron chi connectivity index (χ0n) is 6.70. The number of rotatable bonds is 0. The zero-order chi connectivity index (χ0) is 9.26. The SMILES string of the molecule is N#Cc1cccc2c1OCC(=O)N2. The summed E-state index contributed by atoms with van der Waals surface area (Å²) in [5.41, 5.74) is 1.01. The number of carbonyl (C=O) groups excluding carboxylic acids is 1. The molecule has 1 aromatic rings. The fourth-order valence-corrected chi connectivity index (χ4v) is 1.20. The lowest BCUT2D eigenvalue weighted by atomic mass is 10.1. The summed E-state index contributed by atoms with van der Waals surface area (Å²) in [6.45, 7) is -0.0221. The van der Waals surface area contributed by atoms with Crippen LogP contribution in [0.4, 0.5) is 5.69 Å². The number of amides is 1. The van der Waals surface area contributed by atoms with E-state index in [0.717, 1.165) is 0 Å². The molecule has 1 aliphatic rings. The van der Waals surface area contributed by atoms with Crippen LogP contribution in [0.15, 0.2) is 18.2 Å². The molecule has 0 radical (unpaired) electrons. The largest absolute Gasteiger partial charge is 0.480 e. The van der Waals surface area contributed by atoms with Gasteiger partial charge in [-0.15, -0.1) is 0 Å². The van der Waals surface area contributed by atoms with Gasteiger partial charge in [-0.2, -0.15) is 5.26 Å². The molecule has 2 rings (SSSR count). The standard InChI is InChI=1S/C9H6N2O2/c10-4-6-2-1-3-7-9(6)13-5-8(12)11-7/h1-3H,5H2,(H,11,12). The molecule has 0 aromatic heterocycles. The number of benzene rings is 1. The van der Waals surface area contributed by atoms with Crippen LogP contribution >= 0.6 is 0 Å². The molecular formula is C9H6N2O2. The lowest BCUT2D eigenvalue weighted by Gasteiger charge is -2.18. The second-order valence-electron chi connectivity index (χ2n) is 2.63. The molecule has 1 heterocycles. The van der Waals surface area contributed by atoms with Gasteiger partial charge in [0.05, 0.1) is 11.3 Å². The molecule has 0 unspecified atom stereocenters. The van der Waals surface area contributed by atoms with E-state index >= 15 is 0 Å². The number of nitrogens with zero attached hydrogens (tertiary/aromatic N) is 1. The molecule has 0 saturated heterocycles. The lowest BCUT2D eigenvalue weighted by Crippen LogP contribution is -2.25. The Kier molecular flexibility index (Phi) is 1.64. The van der Waals surface area contributed by atoms with Crippen LogP contribution in [0.1, 0.15) is 5.56 Å². The molecule has 4 heteroatoms. The molecule has 1 amide bonds. The Bertz CT molecular complexity index is 407. The maximum atomic E-state index is 10.9.